The number of likely N-dealkylation sites (N-methyl/N-ethyl adjacent to an activating group) is 1. The van der Waals surface area contributed by atoms with Crippen molar-refractivity contribution in [3.63, 3.8) is 0 Å². The first-order valence-electron chi connectivity index (χ1n) is 10.1. The Balaban J connectivity index is 1.43. The summed E-state index contributed by atoms with van der Waals surface area (Å²) in [7, 11) is 2.11. The molecule has 0 radical (unpaired) electrons. The van der Waals surface area contributed by atoms with E-state index in [0.29, 0.717) is 13.1 Å². The highest BCUT2D eigenvalue weighted by Gasteiger charge is 2.36. The maximum atomic E-state index is 12.8. The van der Waals surface area contributed by atoms with Crippen LogP contribution in [0, 0.1) is 5.41 Å². The van der Waals surface area contributed by atoms with Crippen molar-refractivity contribution in [3.8, 4) is 0 Å². The topological polar surface area (TPSA) is 70.8 Å². The number of anilines is 1. The molecular weight excluding hydrogens is 356 g/mol. The molecule has 2 unspecified atom stereocenters. The Hall–Kier alpha value is -2.12. The first-order valence-corrected chi connectivity index (χ1v) is 10.1. The molecule has 2 aliphatic rings. The zero-order valence-electron chi connectivity index (χ0n) is 17.2. The van der Waals surface area contributed by atoms with E-state index >= 15 is 0 Å². The maximum absolute atomic E-state index is 12.8. The van der Waals surface area contributed by atoms with Crippen LogP contribution in [-0.4, -0.2) is 66.2 Å². The van der Waals surface area contributed by atoms with Gasteiger partial charge in [-0.3, -0.25) is 4.90 Å². The summed E-state index contributed by atoms with van der Waals surface area (Å²) in [6, 6.07) is 5.82. The molecule has 1 N–H and O–H groups in total. The third kappa shape index (κ3) is 4.15. The number of hydrogen-bond acceptors (Lipinski definition) is 5. The average Bonchev–Trinajstić information content (AvgIpc) is 3.01. The summed E-state index contributed by atoms with van der Waals surface area (Å²) in [4.78, 5) is 21.6. The Morgan fingerprint density at radius 2 is 2.14 bits per heavy atom. The van der Waals surface area contributed by atoms with Gasteiger partial charge in [-0.2, -0.15) is 0 Å². The molecule has 3 heterocycles. The summed E-state index contributed by atoms with van der Waals surface area (Å²) in [6.45, 7) is 9.56. The van der Waals surface area contributed by atoms with Crippen LogP contribution in [0.1, 0.15) is 33.1 Å². The number of rotatable bonds is 2. The first-order chi connectivity index (χ1) is 13.3. The number of piperidine rings is 1. The molecule has 7 heteroatoms. The number of nitrogens with one attached hydrogen (secondary N) is 1. The molecule has 152 valence electrons. The predicted octanol–water partition coefficient (Wildman–Crippen LogP) is 3.35. The smallest absolute Gasteiger partial charge is 0.321 e. The molecule has 1 aromatic heterocycles. The van der Waals surface area contributed by atoms with Gasteiger partial charge >= 0.3 is 6.03 Å². The molecule has 2 aliphatic heterocycles. The summed E-state index contributed by atoms with van der Waals surface area (Å²) in [5.41, 5.74) is 2.37. The van der Waals surface area contributed by atoms with Gasteiger partial charge in [-0.15, -0.1) is 0 Å². The van der Waals surface area contributed by atoms with Crippen LogP contribution in [-0.2, 0) is 11.2 Å². The molecule has 1 aromatic carbocycles. The minimum absolute atomic E-state index is 0.0739. The Bertz CT molecular complexity index is 857. The van der Waals surface area contributed by atoms with Gasteiger partial charge in [-0.25, -0.2) is 9.78 Å². The number of carbonyl (C=O) groups excluding carboxylic acids is 1. The Morgan fingerprint density at radius 3 is 2.93 bits per heavy atom. The largest absolute Gasteiger partial charge is 0.441 e. The second kappa shape index (κ2) is 7.37. The molecule has 2 fully saturated rings. The Morgan fingerprint density at radius 1 is 1.32 bits per heavy atom. The van der Waals surface area contributed by atoms with Crippen LogP contribution >= 0.6 is 0 Å². The number of urea groups is 1. The number of oxazole rings is 1. The normalized spacial score (nSPS) is 23.6. The number of nitrogens with zero attached hydrogens (tertiary/aromatic N) is 3. The number of morpholine rings is 1. The van der Waals surface area contributed by atoms with Crippen molar-refractivity contribution >= 4 is 22.8 Å². The van der Waals surface area contributed by atoms with E-state index in [2.05, 4.69) is 43.0 Å². The fourth-order valence-electron chi connectivity index (χ4n) is 4.01. The van der Waals surface area contributed by atoms with Crippen LogP contribution in [0.2, 0.25) is 0 Å². The predicted molar refractivity (Wildman–Crippen MR) is 109 cm³/mol. The quantitative estimate of drug-likeness (QED) is 0.857. The number of amides is 2. The van der Waals surface area contributed by atoms with Gasteiger partial charge in [-0.1, -0.05) is 20.8 Å². The average molecular weight is 386 g/mol. The van der Waals surface area contributed by atoms with Crippen molar-refractivity contribution in [2.75, 3.05) is 38.6 Å². The fourth-order valence-corrected chi connectivity index (χ4v) is 4.01. The lowest BCUT2D eigenvalue weighted by molar-refractivity contribution is -0.0875. The van der Waals surface area contributed by atoms with Crippen molar-refractivity contribution in [2.45, 2.75) is 45.8 Å². The van der Waals surface area contributed by atoms with E-state index in [1.165, 1.54) is 0 Å². The monoisotopic (exact) mass is 386 g/mol. The van der Waals surface area contributed by atoms with Crippen molar-refractivity contribution in [1.82, 2.24) is 14.8 Å². The van der Waals surface area contributed by atoms with Crippen LogP contribution in [0.4, 0.5) is 10.5 Å². The van der Waals surface area contributed by atoms with E-state index in [4.69, 9.17) is 9.15 Å². The van der Waals surface area contributed by atoms with Gasteiger partial charge in [0.2, 0.25) is 0 Å². The summed E-state index contributed by atoms with van der Waals surface area (Å²) in [5, 5.41) is 3.02. The van der Waals surface area contributed by atoms with Crippen LogP contribution in [0.25, 0.3) is 11.1 Å². The zero-order valence-corrected chi connectivity index (χ0v) is 17.2. The van der Waals surface area contributed by atoms with E-state index in [1.54, 1.807) is 0 Å². The molecule has 4 rings (SSSR count). The van der Waals surface area contributed by atoms with Gasteiger partial charge < -0.3 is 19.4 Å². The van der Waals surface area contributed by atoms with E-state index < -0.39 is 0 Å². The van der Waals surface area contributed by atoms with Crippen molar-refractivity contribution in [2.24, 2.45) is 5.41 Å². The molecule has 28 heavy (non-hydrogen) atoms. The van der Waals surface area contributed by atoms with Crippen molar-refractivity contribution in [1.29, 1.82) is 0 Å². The molecular formula is C21H30N4O3. The van der Waals surface area contributed by atoms with E-state index in [0.717, 1.165) is 48.7 Å². The zero-order chi connectivity index (χ0) is 19.9. The standard InChI is InChI=1S/C21H30N4O3/c1-21(2,3)12-19-23-15-11-14(5-6-17(15)28-19)22-20(26)25-8-7-18-16(13-25)24(4)9-10-27-18/h5-6,11,16,18H,7-10,12-13H2,1-4H3,(H,22,26). The minimum Gasteiger partial charge on any atom is -0.441 e. The lowest BCUT2D eigenvalue weighted by Crippen LogP contribution is -2.60. The van der Waals surface area contributed by atoms with Gasteiger partial charge in [0.05, 0.1) is 18.8 Å². The third-order valence-electron chi connectivity index (χ3n) is 5.51. The Kier molecular flexibility index (Phi) is 5.05. The molecule has 0 aliphatic carbocycles. The summed E-state index contributed by atoms with van der Waals surface area (Å²) in [5.74, 6) is 0.730. The number of carbonyl (C=O) groups is 1. The molecule has 0 spiro atoms. The van der Waals surface area contributed by atoms with E-state index in [1.807, 2.05) is 23.1 Å². The highest BCUT2D eigenvalue weighted by atomic mass is 16.5. The molecule has 0 bridgehead atoms. The highest BCUT2D eigenvalue weighted by Crippen LogP contribution is 2.26. The first kappa shape index (κ1) is 19.2. The van der Waals surface area contributed by atoms with Crippen LogP contribution in [0.15, 0.2) is 22.6 Å². The van der Waals surface area contributed by atoms with Gasteiger partial charge in [0.25, 0.3) is 0 Å². The summed E-state index contributed by atoms with van der Waals surface area (Å²) in [6.07, 6.45) is 1.88. The highest BCUT2D eigenvalue weighted by molar-refractivity contribution is 5.91. The number of likely N-dealkylation sites (tertiary alicyclic amines) is 1. The second-order valence-corrected chi connectivity index (χ2v) is 9.15. The third-order valence-corrected chi connectivity index (χ3v) is 5.51. The molecule has 2 saturated heterocycles. The minimum atomic E-state index is -0.0739. The Labute approximate surface area is 166 Å². The number of fused-ring (bicyclic) bond motifs is 2. The van der Waals surface area contributed by atoms with Crippen LogP contribution < -0.4 is 5.32 Å². The number of benzene rings is 1. The van der Waals surface area contributed by atoms with Crippen molar-refractivity contribution in [3.05, 3.63) is 24.1 Å². The molecule has 2 amide bonds. The molecule has 0 saturated carbocycles. The van der Waals surface area contributed by atoms with Crippen LogP contribution in [0.3, 0.4) is 0 Å². The van der Waals surface area contributed by atoms with Gasteiger partial charge in [0.1, 0.15) is 5.52 Å². The molecule has 2 aromatic rings. The number of hydrogen-bond donors (Lipinski definition) is 1. The lowest BCUT2D eigenvalue weighted by atomic mass is 9.92. The summed E-state index contributed by atoms with van der Waals surface area (Å²) >= 11 is 0. The SMILES string of the molecule is CN1CCOC2CCN(C(=O)Nc3ccc4oc(CC(C)(C)C)nc4c3)CC21. The second-order valence-electron chi connectivity index (χ2n) is 9.15. The molecule has 7 nitrogen and oxygen atoms in total. The van der Waals surface area contributed by atoms with Crippen molar-refractivity contribution < 1.29 is 13.9 Å². The maximum Gasteiger partial charge on any atom is 0.321 e. The lowest BCUT2D eigenvalue weighted by Gasteiger charge is -2.45. The van der Waals surface area contributed by atoms with Gasteiger partial charge in [0.15, 0.2) is 11.5 Å². The molecule has 2 atom stereocenters. The van der Waals surface area contributed by atoms with Gasteiger partial charge in [-0.05, 0) is 37.1 Å². The van der Waals surface area contributed by atoms with Gasteiger partial charge in [0, 0.05) is 31.7 Å². The number of aromatic nitrogens is 1. The van der Waals surface area contributed by atoms with E-state index in [9.17, 15) is 4.79 Å². The number of ether oxygens (including phenoxy) is 1. The van der Waals surface area contributed by atoms with Crippen LogP contribution in [0.5, 0.6) is 0 Å². The fraction of sp³-hybridized carbons (Fsp3) is 0.619. The summed E-state index contributed by atoms with van der Waals surface area (Å²) < 4.78 is 11.7. The van der Waals surface area contributed by atoms with E-state index in [-0.39, 0.29) is 23.6 Å².